The third kappa shape index (κ3) is 3.35. The molecular weight excluding hydrogens is 166 g/mol. The van der Waals surface area contributed by atoms with E-state index >= 15 is 0 Å². The van der Waals surface area contributed by atoms with Crippen molar-refractivity contribution < 1.29 is 9.53 Å². The minimum Gasteiger partial charge on any atom is -0.378 e. The normalized spacial score (nSPS) is 28.7. The van der Waals surface area contributed by atoms with Crippen molar-refractivity contribution in [2.75, 3.05) is 6.61 Å². The molecule has 0 aliphatic heterocycles. The summed E-state index contributed by atoms with van der Waals surface area (Å²) in [4.78, 5) is 10.9. The van der Waals surface area contributed by atoms with E-state index in [-0.39, 0.29) is 11.8 Å². The van der Waals surface area contributed by atoms with E-state index in [0.29, 0.717) is 6.10 Å². The van der Waals surface area contributed by atoms with Crippen LogP contribution in [-0.4, -0.2) is 18.6 Å². The van der Waals surface area contributed by atoms with Crippen LogP contribution in [0.3, 0.4) is 0 Å². The second-order valence-corrected chi connectivity index (χ2v) is 3.75. The molecular formula is C10H19NO2. The van der Waals surface area contributed by atoms with Crippen molar-refractivity contribution in [2.45, 2.75) is 45.1 Å². The monoisotopic (exact) mass is 185 g/mol. The molecule has 3 nitrogen and oxygen atoms in total. The predicted octanol–water partition coefficient (Wildman–Crippen LogP) is 1.46. The molecule has 0 radical (unpaired) electrons. The Kier molecular flexibility index (Phi) is 4.22. The van der Waals surface area contributed by atoms with Gasteiger partial charge in [-0.2, -0.15) is 0 Å². The Morgan fingerprint density at radius 2 is 2.00 bits per heavy atom. The van der Waals surface area contributed by atoms with Gasteiger partial charge in [-0.25, -0.2) is 0 Å². The summed E-state index contributed by atoms with van der Waals surface area (Å²) in [6.45, 7) is 2.95. The van der Waals surface area contributed by atoms with Crippen LogP contribution in [0.5, 0.6) is 0 Å². The number of rotatable bonds is 4. The summed E-state index contributed by atoms with van der Waals surface area (Å²) >= 11 is 0. The molecule has 0 heterocycles. The van der Waals surface area contributed by atoms with Gasteiger partial charge in [-0.1, -0.05) is 6.92 Å². The molecule has 1 amide bonds. The summed E-state index contributed by atoms with van der Waals surface area (Å²) in [6.07, 6.45) is 5.24. The highest BCUT2D eigenvalue weighted by Gasteiger charge is 2.24. The molecule has 3 heteroatoms. The lowest BCUT2D eigenvalue weighted by atomic mass is 9.87. The number of hydrogen-bond donors (Lipinski definition) is 1. The summed E-state index contributed by atoms with van der Waals surface area (Å²) in [5.41, 5.74) is 5.23. The molecule has 1 saturated carbocycles. The van der Waals surface area contributed by atoms with Crippen LogP contribution >= 0.6 is 0 Å². The molecule has 1 aliphatic rings. The van der Waals surface area contributed by atoms with Gasteiger partial charge in [0.25, 0.3) is 0 Å². The van der Waals surface area contributed by atoms with Crippen molar-refractivity contribution in [3.63, 3.8) is 0 Å². The van der Waals surface area contributed by atoms with Gasteiger partial charge in [-0.3, -0.25) is 4.79 Å². The minimum absolute atomic E-state index is 0.0986. The second-order valence-electron chi connectivity index (χ2n) is 3.75. The molecule has 1 fully saturated rings. The lowest BCUT2D eigenvalue weighted by molar-refractivity contribution is -0.123. The number of carbonyl (C=O) groups excluding carboxylic acids is 1. The zero-order chi connectivity index (χ0) is 9.68. The van der Waals surface area contributed by atoms with Crippen molar-refractivity contribution >= 4 is 5.91 Å². The third-order valence-corrected chi connectivity index (χ3v) is 2.63. The maximum atomic E-state index is 10.9. The van der Waals surface area contributed by atoms with Gasteiger partial charge < -0.3 is 10.5 Å². The fourth-order valence-electron chi connectivity index (χ4n) is 1.80. The molecule has 76 valence electrons. The summed E-state index contributed by atoms with van der Waals surface area (Å²) in [5.74, 6) is -0.0459. The first kappa shape index (κ1) is 10.5. The second kappa shape index (κ2) is 5.22. The molecule has 1 aliphatic carbocycles. The van der Waals surface area contributed by atoms with Crippen LogP contribution < -0.4 is 5.73 Å². The van der Waals surface area contributed by atoms with Crippen molar-refractivity contribution in [3.8, 4) is 0 Å². The van der Waals surface area contributed by atoms with Gasteiger partial charge in [-0.15, -0.1) is 0 Å². The molecule has 2 N–H and O–H groups in total. The quantitative estimate of drug-likeness (QED) is 0.720. The van der Waals surface area contributed by atoms with E-state index in [1.54, 1.807) is 0 Å². The first-order chi connectivity index (χ1) is 6.24. The smallest absolute Gasteiger partial charge is 0.220 e. The predicted molar refractivity (Wildman–Crippen MR) is 51.2 cm³/mol. The van der Waals surface area contributed by atoms with Crippen LogP contribution in [-0.2, 0) is 9.53 Å². The first-order valence-corrected chi connectivity index (χ1v) is 5.15. The van der Waals surface area contributed by atoms with Gasteiger partial charge in [-0.05, 0) is 32.1 Å². The van der Waals surface area contributed by atoms with E-state index < -0.39 is 0 Å². The van der Waals surface area contributed by atoms with Crippen molar-refractivity contribution in [1.29, 1.82) is 0 Å². The molecule has 0 atom stereocenters. The van der Waals surface area contributed by atoms with Crippen LogP contribution in [0.15, 0.2) is 0 Å². The van der Waals surface area contributed by atoms with E-state index in [2.05, 4.69) is 6.92 Å². The van der Waals surface area contributed by atoms with Crippen molar-refractivity contribution in [3.05, 3.63) is 0 Å². The fourth-order valence-corrected chi connectivity index (χ4v) is 1.80. The minimum atomic E-state index is -0.144. The molecule has 13 heavy (non-hydrogen) atoms. The Balaban J connectivity index is 2.18. The Morgan fingerprint density at radius 1 is 1.38 bits per heavy atom. The zero-order valence-corrected chi connectivity index (χ0v) is 8.29. The maximum Gasteiger partial charge on any atom is 0.220 e. The van der Waals surface area contributed by atoms with Gasteiger partial charge in [0.15, 0.2) is 0 Å². The van der Waals surface area contributed by atoms with E-state index in [1.807, 2.05) is 0 Å². The van der Waals surface area contributed by atoms with Gasteiger partial charge >= 0.3 is 0 Å². The largest absolute Gasteiger partial charge is 0.378 e. The fraction of sp³-hybridized carbons (Fsp3) is 0.900. The standard InChI is InChI=1S/C10H19NO2/c1-2-7-13-9-5-3-8(4-6-9)10(11)12/h8-9H,2-7H2,1H3,(H2,11,12)/t8-,9+. The van der Waals surface area contributed by atoms with E-state index in [9.17, 15) is 4.79 Å². The summed E-state index contributed by atoms with van der Waals surface area (Å²) in [7, 11) is 0. The maximum absolute atomic E-state index is 10.9. The van der Waals surface area contributed by atoms with Crippen molar-refractivity contribution in [1.82, 2.24) is 0 Å². The van der Waals surface area contributed by atoms with Gasteiger partial charge in [0, 0.05) is 12.5 Å². The highest BCUT2D eigenvalue weighted by Crippen LogP contribution is 2.25. The van der Waals surface area contributed by atoms with Gasteiger partial charge in [0.05, 0.1) is 6.10 Å². The molecule has 0 aromatic heterocycles. The van der Waals surface area contributed by atoms with Gasteiger partial charge in [0.2, 0.25) is 5.91 Å². The lowest BCUT2D eigenvalue weighted by Crippen LogP contribution is -2.30. The zero-order valence-electron chi connectivity index (χ0n) is 8.29. The summed E-state index contributed by atoms with van der Waals surface area (Å²) in [5, 5.41) is 0. The number of hydrogen-bond acceptors (Lipinski definition) is 2. The van der Waals surface area contributed by atoms with Gasteiger partial charge in [0.1, 0.15) is 0 Å². The van der Waals surface area contributed by atoms with Crippen LogP contribution in [0.25, 0.3) is 0 Å². The summed E-state index contributed by atoms with van der Waals surface area (Å²) in [6, 6.07) is 0. The number of primary amides is 1. The van der Waals surface area contributed by atoms with Crippen molar-refractivity contribution in [2.24, 2.45) is 11.7 Å². The molecule has 0 unspecified atom stereocenters. The topological polar surface area (TPSA) is 52.3 Å². The highest BCUT2D eigenvalue weighted by molar-refractivity contribution is 5.76. The van der Waals surface area contributed by atoms with Crippen LogP contribution in [0.4, 0.5) is 0 Å². The number of nitrogens with two attached hydrogens (primary N) is 1. The Morgan fingerprint density at radius 3 is 2.46 bits per heavy atom. The SMILES string of the molecule is CCCO[C@H]1CC[C@@H](C(N)=O)CC1. The first-order valence-electron chi connectivity index (χ1n) is 5.15. The number of amides is 1. The lowest BCUT2D eigenvalue weighted by Gasteiger charge is -2.26. The Labute approximate surface area is 79.6 Å². The summed E-state index contributed by atoms with van der Waals surface area (Å²) < 4.78 is 5.61. The highest BCUT2D eigenvalue weighted by atomic mass is 16.5. The molecule has 0 aromatic rings. The van der Waals surface area contributed by atoms with E-state index in [4.69, 9.17) is 10.5 Å². The molecule has 0 bridgehead atoms. The molecule has 0 spiro atoms. The third-order valence-electron chi connectivity index (χ3n) is 2.63. The van der Waals surface area contributed by atoms with Crippen LogP contribution in [0.2, 0.25) is 0 Å². The molecule has 0 saturated heterocycles. The number of ether oxygens (including phenoxy) is 1. The average molecular weight is 185 g/mol. The number of carbonyl (C=O) groups is 1. The van der Waals surface area contributed by atoms with E-state index in [0.717, 1.165) is 38.7 Å². The molecule has 1 rings (SSSR count). The van der Waals surface area contributed by atoms with E-state index in [1.165, 1.54) is 0 Å². The van der Waals surface area contributed by atoms with Crippen LogP contribution in [0.1, 0.15) is 39.0 Å². The average Bonchev–Trinajstić information content (AvgIpc) is 2.15. The van der Waals surface area contributed by atoms with Crippen LogP contribution in [0, 0.1) is 5.92 Å². The molecule has 0 aromatic carbocycles. The Bertz CT molecular complexity index is 162. The Hall–Kier alpha value is -0.570.